The molecular weight excluding hydrogens is 354 g/mol. The molecular formula is C23H21NO4. The third kappa shape index (κ3) is 5.71. The lowest BCUT2D eigenvalue weighted by atomic mass is 9.99. The number of carbonyl (C=O) groups excluding carboxylic acids is 2. The minimum atomic E-state index is -0.602. The molecule has 0 saturated carbocycles. The van der Waals surface area contributed by atoms with Crippen LogP contribution in [0.3, 0.4) is 0 Å². The van der Waals surface area contributed by atoms with Gasteiger partial charge in [0.25, 0.3) is 5.91 Å². The van der Waals surface area contributed by atoms with Crippen LogP contribution in [0.2, 0.25) is 0 Å². The molecule has 1 amide bonds. The van der Waals surface area contributed by atoms with Crippen LogP contribution in [-0.4, -0.2) is 25.1 Å². The summed E-state index contributed by atoms with van der Waals surface area (Å²) < 4.78 is 10.3. The van der Waals surface area contributed by atoms with E-state index in [9.17, 15) is 9.59 Å². The van der Waals surface area contributed by atoms with Crippen LogP contribution in [0.25, 0.3) is 0 Å². The Hall–Kier alpha value is -3.60. The van der Waals surface area contributed by atoms with Gasteiger partial charge < -0.3 is 14.8 Å². The Bertz CT molecular complexity index is 843. The van der Waals surface area contributed by atoms with Gasteiger partial charge in [0.15, 0.2) is 13.2 Å². The van der Waals surface area contributed by atoms with E-state index in [0.29, 0.717) is 5.75 Å². The van der Waals surface area contributed by atoms with Crippen LogP contribution in [0.15, 0.2) is 91.0 Å². The Morgan fingerprint density at radius 2 is 1.21 bits per heavy atom. The zero-order valence-electron chi connectivity index (χ0n) is 15.3. The zero-order chi connectivity index (χ0) is 19.6. The first-order valence-electron chi connectivity index (χ1n) is 8.95. The van der Waals surface area contributed by atoms with E-state index in [1.165, 1.54) is 0 Å². The number of ether oxygens (including phenoxy) is 2. The van der Waals surface area contributed by atoms with Crippen molar-refractivity contribution in [3.63, 3.8) is 0 Å². The van der Waals surface area contributed by atoms with Crippen LogP contribution in [0.4, 0.5) is 0 Å². The normalized spacial score (nSPS) is 10.3. The Kier molecular flexibility index (Phi) is 6.79. The fraction of sp³-hybridized carbons (Fsp3) is 0.130. The predicted molar refractivity (Wildman–Crippen MR) is 106 cm³/mol. The van der Waals surface area contributed by atoms with Crippen molar-refractivity contribution in [3.05, 3.63) is 102 Å². The van der Waals surface area contributed by atoms with Crippen molar-refractivity contribution in [1.29, 1.82) is 0 Å². The van der Waals surface area contributed by atoms with E-state index in [1.54, 1.807) is 24.3 Å². The highest BCUT2D eigenvalue weighted by atomic mass is 16.6. The molecule has 1 N–H and O–H groups in total. The number of carbonyl (C=O) groups is 2. The van der Waals surface area contributed by atoms with E-state index in [-0.39, 0.29) is 25.2 Å². The van der Waals surface area contributed by atoms with Crippen molar-refractivity contribution in [3.8, 4) is 5.75 Å². The predicted octanol–water partition coefficient (Wildman–Crippen LogP) is 3.51. The largest absolute Gasteiger partial charge is 0.482 e. The molecule has 0 bridgehead atoms. The third-order valence-corrected chi connectivity index (χ3v) is 4.04. The van der Waals surface area contributed by atoms with Gasteiger partial charge in [0.2, 0.25) is 0 Å². The molecule has 0 unspecified atom stereocenters. The van der Waals surface area contributed by atoms with Gasteiger partial charge in [0.05, 0.1) is 6.04 Å². The molecule has 0 aliphatic heterocycles. The van der Waals surface area contributed by atoms with E-state index >= 15 is 0 Å². The summed E-state index contributed by atoms with van der Waals surface area (Å²) in [5.41, 5.74) is 1.89. The summed E-state index contributed by atoms with van der Waals surface area (Å²) in [6, 6.07) is 27.9. The summed E-state index contributed by atoms with van der Waals surface area (Å²) >= 11 is 0. The zero-order valence-corrected chi connectivity index (χ0v) is 15.3. The fourth-order valence-corrected chi connectivity index (χ4v) is 2.70. The van der Waals surface area contributed by atoms with Crippen molar-refractivity contribution in [1.82, 2.24) is 5.32 Å². The van der Waals surface area contributed by atoms with Gasteiger partial charge in [-0.3, -0.25) is 4.79 Å². The molecule has 3 rings (SSSR count). The van der Waals surface area contributed by atoms with Crippen LogP contribution in [0.5, 0.6) is 5.75 Å². The van der Waals surface area contributed by atoms with Crippen molar-refractivity contribution >= 4 is 11.9 Å². The third-order valence-electron chi connectivity index (χ3n) is 4.04. The maximum Gasteiger partial charge on any atom is 0.344 e. The van der Waals surface area contributed by atoms with Crippen LogP contribution < -0.4 is 10.1 Å². The number of hydrogen-bond acceptors (Lipinski definition) is 4. The summed E-state index contributed by atoms with van der Waals surface area (Å²) in [5.74, 6) is -0.419. The number of rotatable bonds is 8. The van der Waals surface area contributed by atoms with Gasteiger partial charge in [-0.05, 0) is 23.3 Å². The lowest BCUT2D eigenvalue weighted by molar-refractivity contribution is -0.150. The number of hydrogen-bond donors (Lipinski definition) is 1. The highest BCUT2D eigenvalue weighted by Gasteiger charge is 2.17. The van der Waals surface area contributed by atoms with Crippen LogP contribution in [-0.2, 0) is 14.3 Å². The molecule has 5 nitrogen and oxygen atoms in total. The van der Waals surface area contributed by atoms with Crippen LogP contribution in [0, 0.1) is 0 Å². The van der Waals surface area contributed by atoms with Crippen LogP contribution in [0.1, 0.15) is 17.2 Å². The summed E-state index contributed by atoms with van der Waals surface area (Å²) in [5, 5.41) is 2.92. The number of esters is 1. The quantitative estimate of drug-likeness (QED) is 0.612. The average molecular weight is 375 g/mol. The molecule has 3 aromatic rings. The molecule has 0 radical (unpaired) electrons. The molecule has 0 atom stereocenters. The van der Waals surface area contributed by atoms with Crippen molar-refractivity contribution < 1.29 is 19.1 Å². The molecule has 0 aliphatic rings. The molecule has 0 aromatic heterocycles. The van der Waals surface area contributed by atoms with E-state index in [4.69, 9.17) is 9.47 Å². The number of nitrogens with one attached hydrogen (secondary N) is 1. The van der Waals surface area contributed by atoms with Crippen molar-refractivity contribution in [2.75, 3.05) is 13.2 Å². The maximum absolute atomic E-state index is 12.3. The molecule has 0 heterocycles. The van der Waals surface area contributed by atoms with Gasteiger partial charge in [-0.1, -0.05) is 78.9 Å². The number of amides is 1. The lowest BCUT2D eigenvalue weighted by Crippen LogP contribution is -2.33. The van der Waals surface area contributed by atoms with E-state index in [0.717, 1.165) is 11.1 Å². The monoisotopic (exact) mass is 375 g/mol. The highest BCUT2D eigenvalue weighted by Crippen LogP contribution is 2.21. The fourth-order valence-electron chi connectivity index (χ4n) is 2.70. The van der Waals surface area contributed by atoms with Gasteiger partial charge >= 0.3 is 5.97 Å². The van der Waals surface area contributed by atoms with Gasteiger partial charge in [-0.15, -0.1) is 0 Å². The van der Waals surface area contributed by atoms with Crippen LogP contribution >= 0.6 is 0 Å². The summed E-state index contributed by atoms with van der Waals surface area (Å²) in [7, 11) is 0. The Morgan fingerprint density at radius 3 is 1.75 bits per heavy atom. The smallest absolute Gasteiger partial charge is 0.344 e. The van der Waals surface area contributed by atoms with Crippen molar-refractivity contribution in [2.45, 2.75) is 6.04 Å². The Labute approximate surface area is 163 Å². The summed E-state index contributed by atoms with van der Waals surface area (Å²) in [6.07, 6.45) is 0. The second-order valence-electron chi connectivity index (χ2n) is 6.08. The van der Waals surface area contributed by atoms with E-state index in [1.807, 2.05) is 66.7 Å². The minimum Gasteiger partial charge on any atom is -0.482 e. The van der Waals surface area contributed by atoms with Gasteiger partial charge in [-0.25, -0.2) is 4.79 Å². The molecule has 28 heavy (non-hydrogen) atoms. The molecule has 0 aliphatic carbocycles. The molecule has 0 saturated heterocycles. The lowest BCUT2D eigenvalue weighted by Gasteiger charge is -2.20. The van der Waals surface area contributed by atoms with Gasteiger partial charge in [0.1, 0.15) is 5.75 Å². The first-order chi connectivity index (χ1) is 13.7. The first kappa shape index (κ1) is 19.2. The van der Waals surface area contributed by atoms with Crippen molar-refractivity contribution in [2.24, 2.45) is 0 Å². The molecule has 0 fully saturated rings. The minimum absolute atomic E-state index is 0.252. The second kappa shape index (κ2) is 9.92. The molecule has 0 spiro atoms. The second-order valence-corrected chi connectivity index (χ2v) is 6.08. The SMILES string of the molecule is O=C(COC(=O)COc1ccccc1)NC(c1ccccc1)c1ccccc1. The first-order valence-corrected chi connectivity index (χ1v) is 8.95. The van der Waals surface area contributed by atoms with Gasteiger partial charge in [-0.2, -0.15) is 0 Å². The summed E-state index contributed by atoms with van der Waals surface area (Å²) in [6.45, 7) is -0.620. The summed E-state index contributed by atoms with van der Waals surface area (Å²) in [4.78, 5) is 24.2. The van der Waals surface area contributed by atoms with E-state index < -0.39 is 5.97 Å². The number of para-hydroxylation sites is 1. The molecule has 3 aromatic carbocycles. The van der Waals surface area contributed by atoms with E-state index in [2.05, 4.69) is 5.32 Å². The average Bonchev–Trinajstić information content (AvgIpc) is 2.76. The standard InChI is InChI=1S/C23H21NO4/c25-21(16-28-22(26)17-27-20-14-8-3-9-15-20)24-23(18-10-4-1-5-11-18)19-12-6-2-7-13-19/h1-15,23H,16-17H2,(H,24,25). The molecule has 5 heteroatoms. The topological polar surface area (TPSA) is 64.6 Å². The Morgan fingerprint density at radius 1 is 0.714 bits per heavy atom. The maximum atomic E-state index is 12.3. The highest BCUT2D eigenvalue weighted by molar-refractivity contribution is 5.81. The molecule has 142 valence electrons. The number of benzene rings is 3. The Balaban J connectivity index is 1.54. The van der Waals surface area contributed by atoms with Gasteiger partial charge in [0, 0.05) is 0 Å².